The molecule has 7 nitrogen and oxygen atoms in total. The number of amides is 3. The van der Waals surface area contributed by atoms with Gasteiger partial charge >= 0.3 is 0 Å². The molecule has 3 rings (SSSR count). The Hall–Kier alpha value is -1.80. The molecule has 3 unspecified atom stereocenters. The van der Waals surface area contributed by atoms with Crippen LogP contribution in [-0.2, 0) is 14.4 Å². The van der Waals surface area contributed by atoms with E-state index in [0.717, 1.165) is 25.7 Å². The smallest absolute Gasteiger partial charge is 0.247 e. The Kier molecular flexibility index (Phi) is 9.13. The lowest BCUT2D eigenvalue weighted by Crippen LogP contribution is -2.59. The predicted molar refractivity (Wildman–Crippen MR) is 141 cm³/mol. The fraction of sp³-hybridized carbons (Fsp3) is 0.741. The van der Waals surface area contributed by atoms with Gasteiger partial charge in [0.2, 0.25) is 17.7 Å². The first-order chi connectivity index (χ1) is 16.7. The quantitative estimate of drug-likeness (QED) is 0.389. The Morgan fingerprint density at radius 2 is 1.80 bits per heavy atom. The van der Waals surface area contributed by atoms with Gasteiger partial charge in [0.15, 0.2) is 0 Å². The molecule has 196 valence electrons. The molecule has 0 aromatic heterocycles. The Morgan fingerprint density at radius 3 is 2.34 bits per heavy atom. The summed E-state index contributed by atoms with van der Waals surface area (Å²) < 4.78 is -0.666. The summed E-state index contributed by atoms with van der Waals surface area (Å²) in [5.41, 5.74) is 0. The molecule has 1 spiro atoms. The average molecular weight is 506 g/mol. The first-order valence-electron chi connectivity index (χ1n) is 13.1. The fourth-order valence-electron chi connectivity index (χ4n) is 6.48. The van der Waals surface area contributed by atoms with Crippen LogP contribution in [0.25, 0.3) is 0 Å². The molecular weight excluding hydrogens is 462 g/mol. The number of hydrogen-bond donors (Lipinski definition) is 1. The Labute approximate surface area is 215 Å². The molecule has 0 saturated carbocycles. The summed E-state index contributed by atoms with van der Waals surface area (Å²) in [6.07, 6.45) is 6.91. The Morgan fingerprint density at radius 1 is 1.17 bits per heavy atom. The number of thioether (sulfide) groups is 1. The van der Waals surface area contributed by atoms with E-state index in [0.29, 0.717) is 26.2 Å². The van der Waals surface area contributed by atoms with Crippen molar-refractivity contribution < 1.29 is 19.5 Å². The third kappa shape index (κ3) is 4.57. The van der Waals surface area contributed by atoms with Crippen LogP contribution in [-0.4, -0.2) is 92.4 Å². The molecule has 3 fully saturated rings. The monoisotopic (exact) mass is 505 g/mol. The zero-order valence-electron chi connectivity index (χ0n) is 21.8. The second-order valence-electron chi connectivity index (χ2n) is 10.3. The second-order valence-corrected chi connectivity index (χ2v) is 11.9. The summed E-state index contributed by atoms with van der Waals surface area (Å²) in [5, 5.41) is 10.1. The summed E-state index contributed by atoms with van der Waals surface area (Å²) in [6, 6.07) is -1.20. The van der Waals surface area contributed by atoms with Gasteiger partial charge in [0.25, 0.3) is 0 Å². The molecule has 0 radical (unpaired) electrons. The highest BCUT2D eigenvalue weighted by atomic mass is 32.2. The van der Waals surface area contributed by atoms with Crippen molar-refractivity contribution in [3.05, 3.63) is 25.3 Å². The number of aliphatic hydroxyl groups is 1. The number of nitrogens with zero attached hydrogens (tertiary/aromatic N) is 3. The van der Waals surface area contributed by atoms with E-state index in [1.807, 2.05) is 11.8 Å². The van der Waals surface area contributed by atoms with E-state index >= 15 is 0 Å². The van der Waals surface area contributed by atoms with Crippen molar-refractivity contribution in [2.75, 3.05) is 32.8 Å². The third-order valence-electron chi connectivity index (χ3n) is 8.04. The van der Waals surface area contributed by atoms with E-state index in [4.69, 9.17) is 0 Å². The van der Waals surface area contributed by atoms with Crippen molar-refractivity contribution in [3.8, 4) is 0 Å². The van der Waals surface area contributed by atoms with Crippen molar-refractivity contribution in [2.45, 2.75) is 75.5 Å². The lowest BCUT2D eigenvalue weighted by atomic mass is 9.65. The van der Waals surface area contributed by atoms with Gasteiger partial charge < -0.3 is 19.8 Å². The van der Waals surface area contributed by atoms with Crippen LogP contribution in [0.5, 0.6) is 0 Å². The maximum absolute atomic E-state index is 14.2. The topological polar surface area (TPSA) is 81.2 Å². The van der Waals surface area contributed by atoms with Crippen LogP contribution < -0.4 is 0 Å². The zero-order valence-corrected chi connectivity index (χ0v) is 22.6. The van der Waals surface area contributed by atoms with Crippen LogP contribution in [0.3, 0.4) is 0 Å². The molecule has 3 heterocycles. The minimum atomic E-state index is -0.694. The fourth-order valence-corrected chi connectivity index (χ4v) is 8.88. The number of rotatable bonds is 13. The average Bonchev–Trinajstić information content (AvgIpc) is 3.44. The van der Waals surface area contributed by atoms with Crippen LogP contribution in [0.2, 0.25) is 0 Å². The molecule has 3 aliphatic heterocycles. The molecule has 2 bridgehead atoms. The molecular formula is C27H43N3O4S. The first kappa shape index (κ1) is 27.8. The molecule has 3 saturated heterocycles. The maximum atomic E-state index is 14.2. The van der Waals surface area contributed by atoms with Gasteiger partial charge in [0, 0.05) is 31.4 Å². The Bertz CT molecular complexity index is 835. The molecule has 0 aromatic rings. The molecule has 1 N–H and O–H groups in total. The summed E-state index contributed by atoms with van der Waals surface area (Å²) in [5.74, 6) is -1.15. The van der Waals surface area contributed by atoms with Crippen molar-refractivity contribution in [3.63, 3.8) is 0 Å². The van der Waals surface area contributed by atoms with Crippen molar-refractivity contribution in [2.24, 2.45) is 17.8 Å². The van der Waals surface area contributed by atoms with E-state index < -0.39 is 28.7 Å². The first-order valence-corrected chi connectivity index (χ1v) is 14.0. The van der Waals surface area contributed by atoms with Gasteiger partial charge in [-0.3, -0.25) is 14.4 Å². The van der Waals surface area contributed by atoms with E-state index in [2.05, 4.69) is 27.0 Å². The molecule has 0 aromatic carbocycles. The zero-order chi connectivity index (χ0) is 25.9. The van der Waals surface area contributed by atoms with Crippen LogP contribution in [0.15, 0.2) is 25.3 Å². The largest absolute Gasteiger partial charge is 0.394 e. The van der Waals surface area contributed by atoms with Crippen LogP contribution in [0.1, 0.15) is 53.4 Å². The number of carbonyl (C=O) groups excluding carboxylic acids is 3. The van der Waals surface area contributed by atoms with Crippen molar-refractivity contribution in [1.82, 2.24) is 14.7 Å². The van der Waals surface area contributed by atoms with Gasteiger partial charge in [-0.1, -0.05) is 39.3 Å². The number of likely N-dealkylation sites (tertiary alicyclic amines) is 1. The predicted octanol–water partition coefficient (Wildman–Crippen LogP) is 2.94. The third-order valence-corrected chi connectivity index (χ3v) is 10.1. The van der Waals surface area contributed by atoms with E-state index in [1.54, 1.807) is 40.6 Å². The lowest BCUT2D eigenvalue weighted by molar-refractivity contribution is -0.146. The number of fused-ring (bicyclic) bond motifs is 1. The molecule has 3 amide bonds. The van der Waals surface area contributed by atoms with E-state index in [-0.39, 0.29) is 35.5 Å². The molecule has 7 atom stereocenters. The SMILES string of the molecule is C=CCN(CCCC)C(=O)C1N([C@H](C)CO)C(=O)[C@@H]2[C@@H](C(=O)N(CC=C)CCC)[C@H]3CC(C)C12S3. The van der Waals surface area contributed by atoms with Gasteiger partial charge in [0.05, 0.1) is 29.2 Å². The molecule has 35 heavy (non-hydrogen) atoms. The van der Waals surface area contributed by atoms with Gasteiger partial charge in [-0.05, 0) is 32.1 Å². The summed E-state index contributed by atoms with van der Waals surface area (Å²) in [6.45, 7) is 17.5. The minimum absolute atomic E-state index is 0.00462. The van der Waals surface area contributed by atoms with Crippen LogP contribution in [0.4, 0.5) is 0 Å². The summed E-state index contributed by atoms with van der Waals surface area (Å²) in [4.78, 5) is 47.4. The summed E-state index contributed by atoms with van der Waals surface area (Å²) in [7, 11) is 0. The second kappa shape index (κ2) is 11.5. The van der Waals surface area contributed by atoms with Gasteiger partial charge in [-0.15, -0.1) is 24.9 Å². The summed E-state index contributed by atoms with van der Waals surface area (Å²) >= 11 is 1.69. The number of hydrogen-bond acceptors (Lipinski definition) is 5. The minimum Gasteiger partial charge on any atom is -0.394 e. The van der Waals surface area contributed by atoms with E-state index in [1.165, 1.54) is 0 Å². The highest BCUT2D eigenvalue weighted by molar-refractivity contribution is 8.02. The molecule has 8 heteroatoms. The van der Waals surface area contributed by atoms with Crippen LogP contribution in [0, 0.1) is 17.8 Å². The molecule has 0 aliphatic carbocycles. The highest BCUT2D eigenvalue weighted by Crippen LogP contribution is 2.69. The van der Waals surface area contributed by atoms with E-state index in [9.17, 15) is 19.5 Å². The highest BCUT2D eigenvalue weighted by Gasteiger charge is 2.76. The normalized spacial score (nSPS) is 31.9. The number of carbonyl (C=O) groups is 3. The van der Waals surface area contributed by atoms with Gasteiger partial charge in [-0.25, -0.2) is 0 Å². The standard InChI is InChI=1S/C27H43N3O4S/c1-7-11-15-29(14-10-4)26(34)23-27-18(5)16-20(35-27)21(24(32)28(12-8-2)13-9-3)22(27)25(33)30(23)19(6)17-31/h8,10,18-23,31H,2,4,7,9,11-17H2,1,3,5-6H3/t18?,19-,20-,21+,22+,23?,27?/m1/s1. The maximum Gasteiger partial charge on any atom is 0.247 e. The Balaban J connectivity index is 2.08. The number of aliphatic hydroxyl groups excluding tert-OH is 1. The van der Waals surface area contributed by atoms with Crippen molar-refractivity contribution in [1.29, 1.82) is 0 Å². The van der Waals surface area contributed by atoms with Gasteiger partial charge in [-0.2, -0.15) is 0 Å². The van der Waals surface area contributed by atoms with Gasteiger partial charge in [0.1, 0.15) is 6.04 Å². The molecule has 3 aliphatic rings. The van der Waals surface area contributed by atoms with Crippen molar-refractivity contribution >= 4 is 29.5 Å². The lowest BCUT2D eigenvalue weighted by Gasteiger charge is -2.42. The van der Waals surface area contributed by atoms with Crippen LogP contribution >= 0.6 is 11.8 Å². The number of unbranched alkanes of at least 4 members (excludes halogenated alkanes) is 1.